The lowest BCUT2D eigenvalue weighted by atomic mass is 10.0. The van der Waals surface area contributed by atoms with Gasteiger partial charge in [0.25, 0.3) is 0 Å². The standard InChI is InChI=1S/C9H17NO3S/c1-7(14(2,11)12)9(10)8-4-3-5-13-6-8/h6-7,9H,3-5,10H2,1-2H3. The normalized spacial score (nSPS) is 22.1. The van der Waals surface area contributed by atoms with Crippen molar-refractivity contribution in [2.45, 2.75) is 31.1 Å². The molecule has 4 nitrogen and oxygen atoms in total. The Morgan fingerprint density at radius 3 is 2.64 bits per heavy atom. The Morgan fingerprint density at radius 1 is 1.57 bits per heavy atom. The van der Waals surface area contributed by atoms with Crippen molar-refractivity contribution in [1.82, 2.24) is 0 Å². The average molecular weight is 219 g/mol. The van der Waals surface area contributed by atoms with Gasteiger partial charge >= 0.3 is 0 Å². The second-order valence-corrected chi connectivity index (χ2v) is 6.13. The zero-order valence-electron chi connectivity index (χ0n) is 8.56. The van der Waals surface area contributed by atoms with E-state index in [9.17, 15) is 8.42 Å². The highest BCUT2D eigenvalue weighted by Gasteiger charge is 2.26. The van der Waals surface area contributed by atoms with Gasteiger partial charge in [0, 0.05) is 12.3 Å². The number of nitrogens with two attached hydrogens (primary N) is 1. The van der Waals surface area contributed by atoms with Crippen molar-refractivity contribution in [2.24, 2.45) is 5.73 Å². The van der Waals surface area contributed by atoms with E-state index in [0.29, 0.717) is 6.61 Å². The van der Waals surface area contributed by atoms with Crippen molar-refractivity contribution in [1.29, 1.82) is 0 Å². The summed E-state index contributed by atoms with van der Waals surface area (Å²) < 4.78 is 27.7. The monoisotopic (exact) mass is 219 g/mol. The Bertz CT molecular complexity index is 321. The van der Waals surface area contributed by atoms with Gasteiger partial charge in [-0.3, -0.25) is 0 Å². The van der Waals surface area contributed by atoms with Gasteiger partial charge in [-0.2, -0.15) is 0 Å². The molecular weight excluding hydrogens is 202 g/mol. The van der Waals surface area contributed by atoms with E-state index in [1.165, 1.54) is 6.26 Å². The summed E-state index contributed by atoms with van der Waals surface area (Å²) in [5.41, 5.74) is 6.75. The third kappa shape index (κ3) is 2.72. The van der Waals surface area contributed by atoms with Crippen LogP contribution in [-0.4, -0.2) is 32.6 Å². The van der Waals surface area contributed by atoms with E-state index in [0.717, 1.165) is 18.4 Å². The molecule has 0 radical (unpaired) electrons. The van der Waals surface area contributed by atoms with Crippen LogP contribution in [-0.2, 0) is 14.6 Å². The van der Waals surface area contributed by atoms with Gasteiger partial charge in [-0.05, 0) is 25.3 Å². The van der Waals surface area contributed by atoms with Crippen LogP contribution in [0.3, 0.4) is 0 Å². The van der Waals surface area contributed by atoms with E-state index >= 15 is 0 Å². The van der Waals surface area contributed by atoms with E-state index in [4.69, 9.17) is 10.5 Å². The highest BCUT2D eigenvalue weighted by molar-refractivity contribution is 7.91. The zero-order chi connectivity index (χ0) is 10.8. The highest BCUT2D eigenvalue weighted by Crippen LogP contribution is 2.19. The predicted octanol–water partition coefficient (Wildman–Crippen LogP) is 0.441. The van der Waals surface area contributed by atoms with E-state index in [-0.39, 0.29) is 0 Å². The lowest BCUT2D eigenvalue weighted by molar-refractivity contribution is 0.221. The van der Waals surface area contributed by atoms with Crippen LogP contribution in [0.4, 0.5) is 0 Å². The maximum atomic E-state index is 11.3. The van der Waals surface area contributed by atoms with E-state index < -0.39 is 21.1 Å². The SMILES string of the molecule is CC(C(N)C1=COCCC1)S(C)(=O)=O. The second-order valence-electron chi connectivity index (χ2n) is 3.73. The van der Waals surface area contributed by atoms with Crippen molar-refractivity contribution in [3.8, 4) is 0 Å². The summed E-state index contributed by atoms with van der Waals surface area (Å²) in [6.45, 7) is 2.33. The van der Waals surface area contributed by atoms with Crippen LogP contribution in [0.5, 0.6) is 0 Å². The summed E-state index contributed by atoms with van der Waals surface area (Å²) in [5, 5.41) is -0.546. The molecule has 2 atom stereocenters. The van der Waals surface area contributed by atoms with Crippen molar-refractivity contribution in [3.05, 3.63) is 11.8 Å². The molecule has 14 heavy (non-hydrogen) atoms. The summed E-state index contributed by atoms with van der Waals surface area (Å²) in [6.07, 6.45) is 4.56. The Kier molecular flexibility index (Phi) is 3.55. The first kappa shape index (κ1) is 11.5. The molecule has 0 saturated heterocycles. The first-order chi connectivity index (χ1) is 6.43. The average Bonchev–Trinajstić information content (AvgIpc) is 2.15. The largest absolute Gasteiger partial charge is 0.501 e. The molecule has 1 aliphatic rings. The minimum absolute atomic E-state index is 0.440. The number of hydrogen-bond acceptors (Lipinski definition) is 4. The number of ether oxygens (including phenoxy) is 1. The van der Waals surface area contributed by atoms with Crippen LogP contribution in [0.15, 0.2) is 11.8 Å². The fourth-order valence-corrected chi connectivity index (χ4v) is 2.10. The van der Waals surface area contributed by atoms with Crippen LogP contribution in [0.1, 0.15) is 19.8 Å². The predicted molar refractivity (Wildman–Crippen MR) is 55.6 cm³/mol. The van der Waals surface area contributed by atoms with Crippen molar-refractivity contribution >= 4 is 9.84 Å². The smallest absolute Gasteiger partial charge is 0.151 e. The van der Waals surface area contributed by atoms with Gasteiger partial charge in [0.1, 0.15) is 0 Å². The summed E-state index contributed by atoms with van der Waals surface area (Å²) in [7, 11) is -3.07. The molecule has 82 valence electrons. The molecule has 2 unspecified atom stereocenters. The van der Waals surface area contributed by atoms with E-state index in [2.05, 4.69) is 0 Å². The summed E-state index contributed by atoms with van der Waals surface area (Å²) in [4.78, 5) is 0. The fourth-order valence-electron chi connectivity index (χ4n) is 1.40. The molecule has 1 aliphatic heterocycles. The lowest BCUT2D eigenvalue weighted by Crippen LogP contribution is -2.40. The highest BCUT2D eigenvalue weighted by atomic mass is 32.2. The van der Waals surface area contributed by atoms with Gasteiger partial charge in [-0.15, -0.1) is 0 Å². The van der Waals surface area contributed by atoms with Crippen molar-refractivity contribution in [3.63, 3.8) is 0 Å². The molecule has 0 aromatic heterocycles. The molecule has 0 aromatic carbocycles. The number of sulfone groups is 1. The molecule has 1 rings (SSSR count). The van der Waals surface area contributed by atoms with Gasteiger partial charge in [0.2, 0.25) is 0 Å². The summed E-state index contributed by atoms with van der Waals surface area (Å²) >= 11 is 0. The van der Waals surface area contributed by atoms with Gasteiger partial charge in [0.05, 0.1) is 18.1 Å². The summed E-state index contributed by atoms with van der Waals surface area (Å²) in [5.74, 6) is 0. The first-order valence-corrected chi connectivity index (χ1v) is 6.63. The maximum Gasteiger partial charge on any atom is 0.151 e. The van der Waals surface area contributed by atoms with Crippen LogP contribution in [0.25, 0.3) is 0 Å². The van der Waals surface area contributed by atoms with Crippen LogP contribution in [0.2, 0.25) is 0 Å². The maximum absolute atomic E-state index is 11.3. The Balaban J connectivity index is 2.74. The van der Waals surface area contributed by atoms with Crippen molar-refractivity contribution in [2.75, 3.05) is 12.9 Å². The molecule has 0 spiro atoms. The Hall–Kier alpha value is -0.550. The summed E-state index contributed by atoms with van der Waals surface area (Å²) in [6, 6.07) is -0.440. The number of hydrogen-bond donors (Lipinski definition) is 1. The van der Waals surface area contributed by atoms with Gasteiger partial charge < -0.3 is 10.5 Å². The Morgan fingerprint density at radius 2 is 2.21 bits per heavy atom. The molecule has 0 fully saturated rings. The Labute approximate surface area is 85.0 Å². The minimum atomic E-state index is -3.07. The van der Waals surface area contributed by atoms with Gasteiger partial charge in [0.15, 0.2) is 9.84 Å². The van der Waals surface area contributed by atoms with E-state index in [1.807, 2.05) is 0 Å². The molecule has 2 N–H and O–H groups in total. The molecule has 0 aromatic rings. The van der Waals surface area contributed by atoms with Crippen molar-refractivity contribution < 1.29 is 13.2 Å². The number of rotatable bonds is 3. The molecular formula is C9H17NO3S. The molecule has 1 heterocycles. The fraction of sp³-hybridized carbons (Fsp3) is 0.778. The van der Waals surface area contributed by atoms with Crippen LogP contribution in [0, 0.1) is 0 Å². The van der Waals surface area contributed by atoms with Crippen LogP contribution >= 0.6 is 0 Å². The first-order valence-electron chi connectivity index (χ1n) is 4.68. The lowest BCUT2D eigenvalue weighted by Gasteiger charge is -2.23. The third-order valence-corrected chi connectivity index (χ3v) is 4.22. The van der Waals surface area contributed by atoms with Crippen LogP contribution < -0.4 is 5.73 Å². The van der Waals surface area contributed by atoms with E-state index in [1.54, 1.807) is 13.2 Å². The zero-order valence-corrected chi connectivity index (χ0v) is 9.38. The van der Waals surface area contributed by atoms with Gasteiger partial charge in [-0.25, -0.2) is 8.42 Å². The molecule has 0 saturated carbocycles. The quantitative estimate of drug-likeness (QED) is 0.748. The molecule has 0 bridgehead atoms. The topological polar surface area (TPSA) is 69.4 Å². The molecule has 0 amide bonds. The van der Waals surface area contributed by atoms with Gasteiger partial charge in [-0.1, -0.05) is 0 Å². The second kappa shape index (κ2) is 4.31. The third-order valence-electron chi connectivity index (χ3n) is 2.57. The minimum Gasteiger partial charge on any atom is -0.501 e. The molecule has 0 aliphatic carbocycles. The molecule has 5 heteroatoms.